The number of ether oxygens (including phenoxy) is 2. The molecule has 0 radical (unpaired) electrons. The number of carbonyl (C=O) groups excluding carboxylic acids is 1. The first-order valence-corrected chi connectivity index (χ1v) is 8.02. The van der Waals surface area contributed by atoms with E-state index >= 15 is 0 Å². The highest BCUT2D eigenvalue weighted by molar-refractivity contribution is 5.94. The molecule has 4 nitrogen and oxygen atoms in total. The summed E-state index contributed by atoms with van der Waals surface area (Å²) in [6, 6.07) is 15.0. The Balaban J connectivity index is 2.06. The van der Waals surface area contributed by atoms with Crippen molar-refractivity contribution in [2.24, 2.45) is 0 Å². The molecule has 1 atom stereocenters. The van der Waals surface area contributed by atoms with Crippen molar-refractivity contribution in [3.05, 3.63) is 54.1 Å². The molecule has 0 saturated heterocycles. The average molecular weight is 327 g/mol. The van der Waals surface area contributed by atoms with E-state index in [-0.39, 0.29) is 11.3 Å². The minimum Gasteiger partial charge on any atom is -0.497 e. The number of para-hydroxylation sites is 1. The summed E-state index contributed by atoms with van der Waals surface area (Å²) in [7, 11) is 1.61. The van der Waals surface area contributed by atoms with Crippen molar-refractivity contribution in [2.75, 3.05) is 12.4 Å². The maximum Gasteiger partial charge on any atom is 0.265 e. The summed E-state index contributed by atoms with van der Waals surface area (Å²) in [5.41, 5.74) is 1.73. The van der Waals surface area contributed by atoms with E-state index in [0.29, 0.717) is 5.69 Å². The van der Waals surface area contributed by atoms with Crippen LogP contribution in [0.1, 0.15) is 33.3 Å². The summed E-state index contributed by atoms with van der Waals surface area (Å²) in [6.45, 7) is 8.12. The largest absolute Gasteiger partial charge is 0.497 e. The highest BCUT2D eigenvalue weighted by Gasteiger charge is 2.22. The first-order chi connectivity index (χ1) is 11.3. The van der Waals surface area contributed by atoms with Gasteiger partial charge in [-0.1, -0.05) is 39.0 Å². The van der Waals surface area contributed by atoms with Crippen LogP contribution in [0, 0.1) is 0 Å². The van der Waals surface area contributed by atoms with E-state index in [1.54, 1.807) is 38.3 Å². The van der Waals surface area contributed by atoms with Crippen LogP contribution >= 0.6 is 0 Å². The Morgan fingerprint density at radius 2 is 1.67 bits per heavy atom. The lowest BCUT2D eigenvalue weighted by atomic mass is 9.86. The number of hydrogen-bond donors (Lipinski definition) is 1. The molecule has 0 aliphatic rings. The number of amides is 1. The molecule has 4 heteroatoms. The Labute approximate surface area is 143 Å². The molecule has 0 bridgehead atoms. The molecule has 1 N–H and O–H groups in total. The molecule has 2 aromatic carbocycles. The van der Waals surface area contributed by atoms with Crippen molar-refractivity contribution < 1.29 is 14.3 Å². The molecular weight excluding hydrogens is 302 g/mol. The first-order valence-electron chi connectivity index (χ1n) is 8.02. The van der Waals surface area contributed by atoms with Crippen LogP contribution in [-0.4, -0.2) is 19.1 Å². The summed E-state index contributed by atoms with van der Waals surface area (Å²) >= 11 is 0. The Hall–Kier alpha value is -2.49. The molecule has 0 spiro atoms. The maximum absolute atomic E-state index is 12.4. The predicted molar refractivity (Wildman–Crippen MR) is 96.9 cm³/mol. The molecule has 0 saturated carbocycles. The van der Waals surface area contributed by atoms with Crippen molar-refractivity contribution in [2.45, 2.75) is 39.2 Å². The molecule has 0 aromatic heterocycles. The summed E-state index contributed by atoms with van der Waals surface area (Å²) < 4.78 is 11.0. The van der Waals surface area contributed by atoms with Gasteiger partial charge in [0, 0.05) is 5.69 Å². The van der Waals surface area contributed by atoms with Gasteiger partial charge in [-0.3, -0.25) is 4.79 Å². The zero-order valence-corrected chi connectivity index (χ0v) is 14.9. The third-order valence-corrected chi connectivity index (χ3v) is 3.73. The van der Waals surface area contributed by atoms with E-state index in [4.69, 9.17) is 9.47 Å². The quantitative estimate of drug-likeness (QED) is 0.885. The van der Waals surface area contributed by atoms with Gasteiger partial charge in [0.2, 0.25) is 0 Å². The highest BCUT2D eigenvalue weighted by Crippen LogP contribution is 2.31. The van der Waals surface area contributed by atoms with Crippen LogP contribution in [0.5, 0.6) is 11.5 Å². The molecule has 0 heterocycles. The topological polar surface area (TPSA) is 47.6 Å². The lowest BCUT2D eigenvalue weighted by molar-refractivity contribution is -0.122. The standard InChI is InChI=1S/C20H25NO3/c1-14(19(22)21-15-10-12-16(23-5)13-11-15)24-18-9-7-6-8-17(18)20(2,3)4/h6-14H,1-5H3,(H,21,22). The zero-order chi connectivity index (χ0) is 17.7. The fourth-order valence-corrected chi connectivity index (χ4v) is 2.35. The molecule has 2 rings (SSSR count). The average Bonchev–Trinajstić information content (AvgIpc) is 2.55. The lowest BCUT2D eigenvalue weighted by Crippen LogP contribution is -2.31. The van der Waals surface area contributed by atoms with Gasteiger partial charge < -0.3 is 14.8 Å². The van der Waals surface area contributed by atoms with E-state index in [9.17, 15) is 4.79 Å². The normalized spacial score (nSPS) is 12.4. The van der Waals surface area contributed by atoms with Gasteiger partial charge in [-0.25, -0.2) is 0 Å². The fourth-order valence-electron chi connectivity index (χ4n) is 2.35. The number of anilines is 1. The summed E-state index contributed by atoms with van der Waals surface area (Å²) in [4.78, 5) is 12.4. The van der Waals surface area contributed by atoms with Gasteiger partial charge in [0.1, 0.15) is 11.5 Å². The van der Waals surface area contributed by atoms with Crippen LogP contribution in [0.3, 0.4) is 0 Å². The Morgan fingerprint density at radius 3 is 2.25 bits per heavy atom. The third-order valence-electron chi connectivity index (χ3n) is 3.73. The van der Waals surface area contributed by atoms with Crippen molar-refractivity contribution in [1.82, 2.24) is 0 Å². The Kier molecular flexibility index (Phi) is 5.50. The SMILES string of the molecule is COc1ccc(NC(=O)C(C)Oc2ccccc2C(C)(C)C)cc1. The Bertz CT molecular complexity index is 687. The molecule has 2 aromatic rings. The van der Waals surface area contributed by atoms with E-state index in [0.717, 1.165) is 17.1 Å². The molecule has 0 aliphatic carbocycles. The second-order valence-corrected chi connectivity index (χ2v) is 6.72. The van der Waals surface area contributed by atoms with Crippen LogP contribution in [0.2, 0.25) is 0 Å². The zero-order valence-electron chi connectivity index (χ0n) is 14.9. The summed E-state index contributed by atoms with van der Waals surface area (Å²) in [5, 5.41) is 2.85. The number of nitrogens with one attached hydrogen (secondary N) is 1. The van der Waals surface area contributed by atoms with Gasteiger partial charge in [0.25, 0.3) is 5.91 Å². The van der Waals surface area contributed by atoms with Crippen LogP contribution in [0.4, 0.5) is 5.69 Å². The molecule has 0 aliphatic heterocycles. The second-order valence-electron chi connectivity index (χ2n) is 6.72. The summed E-state index contributed by atoms with van der Waals surface area (Å²) in [6.07, 6.45) is -0.601. The Morgan fingerprint density at radius 1 is 1.04 bits per heavy atom. The van der Waals surface area contributed by atoms with Crippen molar-refractivity contribution in [1.29, 1.82) is 0 Å². The van der Waals surface area contributed by atoms with Crippen LogP contribution < -0.4 is 14.8 Å². The minimum absolute atomic E-state index is 0.0528. The predicted octanol–water partition coefficient (Wildman–Crippen LogP) is 4.40. The van der Waals surface area contributed by atoms with E-state index in [2.05, 4.69) is 26.1 Å². The van der Waals surface area contributed by atoms with Crippen LogP contribution in [0.25, 0.3) is 0 Å². The highest BCUT2D eigenvalue weighted by atomic mass is 16.5. The van der Waals surface area contributed by atoms with Gasteiger partial charge in [0.05, 0.1) is 7.11 Å². The first kappa shape index (κ1) is 17.9. The fraction of sp³-hybridized carbons (Fsp3) is 0.350. The lowest BCUT2D eigenvalue weighted by Gasteiger charge is -2.24. The molecule has 128 valence electrons. The van der Waals surface area contributed by atoms with Gasteiger partial charge in [-0.15, -0.1) is 0 Å². The van der Waals surface area contributed by atoms with Crippen molar-refractivity contribution in [3.8, 4) is 11.5 Å². The monoisotopic (exact) mass is 327 g/mol. The van der Waals surface area contributed by atoms with Crippen LogP contribution in [-0.2, 0) is 10.2 Å². The second kappa shape index (κ2) is 7.39. The minimum atomic E-state index is -0.601. The number of hydrogen-bond acceptors (Lipinski definition) is 3. The van der Waals surface area contributed by atoms with Gasteiger partial charge in [0.15, 0.2) is 6.10 Å². The maximum atomic E-state index is 12.4. The molecule has 24 heavy (non-hydrogen) atoms. The smallest absolute Gasteiger partial charge is 0.265 e. The van der Waals surface area contributed by atoms with Gasteiger partial charge in [-0.2, -0.15) is 0 Å². The molecule has 1 amide bonds. The van der Waals surface area contributed by atoms with E-state index in [1.165, 1.54) is 0 Å². The van der Waals surface area contributed by atoms with E-state index < -0.39 is 6.10 Å². The molecular formula is C20H25NO3. The number of methoxy groups -OCH3 is 1. The molecule has 1 unspecified atom stereocenters. The van der Waals surface area contributed by atoms with Gasteiger partial charge >= 0.3 is 0 Å². The van der Waals surface area contributed by atoms with Crippen molar-refractivity contribution >= 4 is 11.6 Å². The summed E-state index contributed by atoms with van der Waals surface area (Å²) in [5.74, 6) is 1.29. The van der Waals surface area contributed by atoms with Gasteiger partial charge in [-0.05, 0) is 48.2 Å². The molecule has 0 fully saturated rings. The number of rotatable bonds is 5. The van der Waals surface area contributed by atoms with E-state index in [1.807, 2.05) is 24.3 Å². The number of carbonyl (C=O) groups is 1. The van der Waals surface area contributed by atoms with Crippen molar-refractivity contribution in [3.63, 3.8) is 0 Å². The van der Waals surface area contributed by atoms with Crippen LogP contribution in [0.15, 0.2) is 48.5 Å². The third kappa shape index (κ3) is 4.51. The number of benzene rings is 2.